The van der Waals surface area contributed by atoms with Crippen LogP contribution in [-0.4, -0.2) is 33.2 Å². The summed E-state index contributed by atoms with van der Waals surface area (Å²) in [6.45, 7) is -2.46. The van der Waals surface area contributed by atoms with Gasteiger partial charge in [-0.25, -0.2) is 4.39 Å². The molecule has 2 aromatic carbocycles. The summed E-state index contributed by atoms with van der Waals surface area (Å²) in [5.41, 5.74) is 0.809. The van der Waals surface area contributed by atoms with Crippen molar-refractivity contribution in [3.8, 4) is 11.5 Å². The van der Waals surface area contributed by atoms with Gasteiger partial charge in [0, 0.05) is 10.6 Å². The fourth-order valence-electron chi connectivity index (χ4n) is 2.49. The Labute approximate surface area is 159 Å². The molecule has 2 rings (SSSR count). The van der Waals surface area contributed by atoms with Crippen molar-refractivity contribution in [3.05, 3.63) is 52.8 Å². The van der Waals surface area contributed by atoms with E-state index in [-0.39, 0.29) is 34.7 Å². The molecule has 0 aromatic heterocycles. The summed E-state index contributed by atoms with van der Waals surface area (Å²) in [5, 5.41) is 2.72. The van der Waals surface area contributed by atoms with Gasteiger partial charge in [0.15, 0.2) is 18.0 Å². The van der Waals surface area contributed by atoms with Crippen LogP contribution < -0.4 is 19.7 Å². The predicted molar refractivity (Wildman–Crippen MR) is 95.1 cm³/mol. The van der Waals surface area contributed by atoms with Crippen molar-refractivity contribution in [1.82, 2.24) is 0 Å². The molecular weight excluding hydrogens is 385 g/mol. The standard InChI is InChI=1S/C18H18ClF3N2O3/c1-24(10-17(25)23-14-5-4-12(19)8-13(14)20)9-11-3-6-15(27-18(21)22)16(7-11)26-2/h3-8,18H,9-10H2,1-2H3,(H,23,25)/p+1. The Kier molecular flexibility index (Phi) is 7.32. The monoisotopic (exact) mass is 403 g/mol. The number of hydrogen-bond donors (Lipinski definition) is 2. The van der Waals surface area contributed by atoms with E-state index in [1.54, 1.807) is 19.2 Å². The van der Waals surface area contributed by atoms with E-state index in [4.69, 9.17) is 16.3 Å². The number of alkyl halides is 2. The Morgan fingerprint density at radius 2 is 1.96 bits per heavy atom. The molecule has 0 aliphatic carbocycles. The van der Waals surface area contributed by atoms with Crippen LogP contribution in [0.25, 0.3) is 0 Å². The molecule has 0 bridgehead atoms. The van der Waals surface area contributed by atoms with E-state index < -0.39 is 12.4 Å². The number of hydrogen-bond acceptors (Lipinski definition) is 3. The van der Waals surface area contributed by atoms with E-state index in [0.29, 0.717) is 6.54 Å². The minimum atomic E-state index is -2.95. The molecule has 2 aromatic rings. The van der Waals surface area contributed by atoms with Gasteiger partial charge in [-0.05, 0) is 36.4 Å². The van der Waals surface area contributed by atoms with Crippen molar-refractivity contribution < 1.29 is 32.3 Å². The number of likely N-dealkylation sites (N-methyl/N-ethyl adjacent to an activating group) is 1. The van der Waals surface area contributed by atoms with Crippen LogP contribution >= 0.6 is 11.6 Å². The molecule has 0 saturated heterocycles. The number of carbonyl (C=O) groups excluding carboxylic acids is 1. The molecule has 0 aliphatic heterocycles. The molecule has 5 nitrogen and oxygen atoms in total. The first-order valence-electron chi connectivity index (χ1n) is 7.96. The fraction of sp³-hybridized carbons (Fsp3) is 0.278. The lowest BCUT2D eigenvalue weighted by Gasteiger charge is -2.16. The maximum atomic E-state index is 13.7. The molecule has 1 atom stereocenters. The van der Waals surface area contributed by atoms with Crippen LogP contribution in [-0.2, 0) is 11.3 Å². The summed E-state index contributed by atoms with van der Waals surface area (Å²) in [5.74, 6) is -0.885. The largest absolute Gasteiger partial charge is 0.493 e. The van der Waals surface area contributed by atoms with Gasteiger partial charge in [-0.1, -0.05) is 11.6 Å². The second kappa shape index (κ2) is 9.48. The lowest BCUT2D eigenvalue weighted by molar-refractivity contribution is -0.885. The van der Waals surface area contributed by atoms with E-state index in [1.807, 2.05) is 0 Å². The first kappa shape index (κ1) is 20.9. The second-order valence-electron chi connectivity index (χ2n) is 5.85. The van der Waals surface area contributed by atoms with E-state index in [1.165, 1.54) is 25.3 Å². The minimum Gasteiger partial charge on any atom is -0.493 e. The van der Waals surface area contributed by atoms with Crippen LogP contribution in [0.4, 0.5) is 18.9 Å². The first-order valence-corrected chi connectivity index (χ1v) is 8.34. The highest BCUT2D eigenvalue weighted by molar-refractivity contribution is 6.30. The number of halogens is 4. The second-order valence-corrected chi connectivity index (χ2v) is 6.28. The zero-order valence-corrected chi connectivity index (χ0v) is 15.4. The van der Waals surface area contributed by atoms with Crippen molar-refractivity contribution in [2.75, 3.05) is 26.0 Å². The van der Waals surface area contributed by atoms with Crippen LogP contribution in [0.5, 0.6) is 11.5 Å². The molecule has 9 heteroatoms. The van der Waals surface area contributed by atoms with Crippen molar-refractivity contribution in [3.63, 3.8) is 0 Å². The molecule has 0 fully saturated rings. The molecule has 0 saturated carbocycles. The highest BCUT2D eigenvalue weighted by Gasteiger charge is 2.15. The molecule has 0 aliphatic rings. The summed E-state index contributed by atoms with van der Waals surface area (Å²) in [4.78, 5) is 12.9. The summed E-state index contributed by atoms with van der Waals surface area (Å²) < 4.78 is 47.9. The average Bonchev–Trinajstić information content (AvgIpc) is 2.58. The molecule has 0 spiro atoms. The number of anilines is 1. The van der Waals surface area contributed by atoms with Crippen LogP contribution in [0.15, 0.2) is 36.4 Å². The number of nitrogens with one attached hydrogen (secondary N) is 2. The van der Waals surface area contributed by atoms with Gasteiger partial charge in [0.05, 0.1) is 19.8 Å². The minimum absolute atomic E-state index is 0.0485. The van der Waals surface area contributed by atoms with E-state index in [0.717, 1.165) is 16.5 Å². The van der Waals surface area contributed by atoms with Gasteiger partial charge < -0.3 is 19.7 Å². The summed E-state index contributed by atoms with van der Waals surface area (Å²) in [6.07, 6.45) is 0. The highest BCUT2D eigenvalue weighted by Crippen LogP contribution is 2.29. The fourth-order valence-corrected chi connectivity index (χ4v) is 2.64. The molecular formula is C18H19ClF3N2O3+. The SMILES string of the molecule is COc1cc(C[NH+](C)CC(=O)Nc2ccc(Cl)cc2F)ccc1OC(F)F. The maximum absolute atomic E-state index is 13.7. The van der Waals surface area contributed by atoms with Crippen LogP contribution in [0, 0.1) is 5.82 Å². The van der Waals surface area contributed by atoms with E-state index >= 15 is 0 Å². The Hall–Kier alpha value is -2.45. The maximum Gasteiger partial charge on any atom is 0.387 e. The van der Waals surface area contributed by atoms with Gasteiger partial charge in [-0.15, -0.1) is 0 Å². The number of methoxy groups -OCH3 is 1. The van der Waals surface area contributed by atoms with Gasteiger partial charge in [0.25, 0.3) is 5.91 Å². The third kappa shape index (κ3) is 6.33. The highest BCUT2D eigenvalue weighted by atomic mass is 35.5. The van der Waals surface area contributed by atoms with E-state index in [9.17, 15) is 18.0 Å². The Morgan fingerprint density at radius 1 is 1.22 bits per heavy atom. The molecule has 27 heavy (non-hydrogen) atoms. The van der Waals surface area contributed by atoms with Gasteiger partial charge in [-0.3, -0.25) is 4.79 Å². The molecule has 0 heterocycles. The van der Waals surface area contributed by atoms with Crippen LogP contribution in [0.2, 0.25) is 5.02 Å². The molecule has 146 valence electrons. The zero-order chi connectivity index (χ0) is 20.0. The smallest absolute Gasteiger partial charge is 0.387 e. The number of carbonyl (C=O) groups is 1. The molecule has 1 unspecified atom stereocenters. The average molecular weight is 404 g/mol. The van der Waals surface area contributed by atoms with Gasteiger partial charge in [-0.2, -0.15) is 8.78 Å². The zero-order valence-electron chi connectivity index (χ0n) is 14.7. The Balaban J connectivity index is 1.96. The third-order valence-electron chi connectivity index (χ3n) is 3.62. The molecule has 2 N–H and O–H groups in total. The predicted octanol–water partition coefficient (Wildman–Crippen LogP) is 2.74. The summed E-state index contributed by atoms with van der Waals surface area (Å²) in [7, 11) is 3.12. The van der Waals surface area contributed by atoms with Crippen molar-refractivity contribution in [2.24, 2.45) is 0 Å². The number of rotatable bonds is 8. The molecule has 1 amide bonds. The van der Waals surface area contributed by atoms with Crippen molar-refractivity contribution in [1.29, 1.82) is 0 Å². The number of ether oxygens (including phenoxy) is 2. The molecule has 0 radical (unpaired) electrons. The number of benzene rings is 2. The van der Waals surface area contributed by atoms with Gasteiger partial charge in [0.2, 0.25) is 0 Å². The van der Waals surface area contributed by atoms with Gasteiger partial charge >= 0.3 is 6.61 Å². The normalized spacial score (nSPS) is 12.0. The topological polar surface area (TPSA) is 52.0 Å². The third-order valence-corrected chi connectivity index (χ3v) is 3.85. The lowest BCUT2D eigenvalue weighted by atomic mass is 10.2. The van der Waals surface area contributed by atoms with Crippen LogP contribution in [0.1, 0.15) is 5.56 Å². The summed E-state index contributed by atoms with van der Waals surface area (Å²) in [6, 6.07) is 8.54. The van der Waals surface area contributed by atoms with Crippen LogP contribution in [0.3, 0.4) is 0 Å². The Bertz CT molecular complexity index is 805. The quantitative estimate of drug-likeness (QED) is 0.712. The van der Waals surface area contributed by atoms with Gasteiger partial charge in [0.1, 0.15) is 12.4 Å². The lowest BCUT2D eigenvalue weighted by Crippen LogP contribution is -3.08. The number of quaternary nitrogens is 1. The first-order chi connectivity index (χ1) is 12.8. The number of amides is 1. The Morgan fingerprint density at radius 3 is 2.59 bits per heavy atom. The van der Waals surface area contributed by atoms with E-state index in [2.05, 4.69) is 10.1 Å². The van der Waals surface area contributed by atoms with Crippen molar-refractivity contribution >= 4 is 23.2 Å². The summed E-state index contributed by atoms with van der Waals surface area (Å²) >= 11 is 5.67. The van der Waals surface area contributed by atoms with Crippen molar-refractivity contribution in [2.45, 2.75) is 13.2 Å².